The van der Waals surface area contributed by atoms with Crippen molar-refractivity contribution in [2.75, 3.05) is 0 Å². The molecule has 98 valence electrons. The summed E-state index contributed by atoms with van der Waals surface area (Å²) in [5, 5.41) is -0.281. The first kappa shape index (κ1) is 12.1. The predicted molar refractivity (Wildman–Crippen MR) is 74.7 cm³/mol. The number of hydrogen-bond acceptors (Lipinski definition) is 2. The van der Waals surface area contributed by atoms with Crippen LogP contribution in [-0.2, 0) is 6.42 Å². The Labute approximate surface area is 114 Å². The monoisotopic (exact) mass is 276 g/mol. The quantitative estimate of drug-likeness (QED) is 0.721. The van der Waals surface area contributed by atoms with Crippen molar-refractivity contribution in [1.82, 2.24) is 9.97 Å². The highest BCUT2D eigenvalue weighted by atomic mass is 35.5. The molecule has 3 aromatic rings. The lowest BCUT2D eigenvalue weighted by atomic mass is 10.0. The minimum atomic E-state index is -0.281. The number of aromatic nitrogens is 2. The Hall–Kier alpha value is -1.94. The van der Waals surface area contributed by atoms with Gasteiger partial charge in [0.2, 0.25) is 0 Å². The number of aryl methyl sites for hydroxylation is 1. The van der Waals surface area contributed by atoms with E-state index < -0.39 is 0 Å². The van der Waals surface area contributed by atoms with Gasteiger partial charge in [0.15, 0.2) is 0 Å². The van der Waals surface area contributed by atoms with Crippen molar-refractivity contribution in [2.24, 2.45) is 0 Å². The van der Waals surface area contributed by atoms with Gasteiger partial charge in [-0.1, -0.05) is 13.0 Å². The van der Waals surface area contributed by atoms with E-state index in [9.17, 15) is 4.79 Å². The van der Waals surface area contributed by atoms with E-state index in [0.717, 1.165) is 34.3 Å². The van der Waals surface area contributed by atoms with E-state index >= 15 is 0 Å². The summed E-state index contributed by atoms with van der Waals surface area (Å²) in [5.41, 5.74) is 3.23. The Kier molecular flexibility index (Phi) is 2.95. The third-order valence-corrected chi connectivity index (χ3v) is 3.69. The summed E-state index contributed by atoms with van der Waals surface area (Å²) in [7, 11) is 0. The summed E-state index contributed by atoms with van der Waals surface area (Å²) in [6.07, 6.45) is 2.45. The SMILES string of the molecule is CCc1occc1C(Cl)c1ccc2[nH]c(=O)[nH]c2c1. The molecule has 1 unspecified atom stereocenters. The average Bonchev–Trinajstić information content (AvgIpc) is 3.01. The van der Waals surface area contributed by atoms with E-state index in [2.05, 4.69) is 9.97 Å². The zero-order valence-electron chi connectivity index (χ0n) is 10.4. The second-order valence-electron chi connectivity index (χ2n) is 4.40. The highest BCUT2D eigenvalue weighted by molar-refractivity contribution is 6.22. The van der Waals surface area contributed by atoms with Gasteiger partial charge in [0.25, 0.3) is 0 Å². The molecule has 4 nitrogen and oxygen atoms in total. The molecule has 0 fully saturated rings. The second kappa shape index (κ2) is 4.63. The van der Waals surface area contributed by atoms with Crippen molar-refractivity contribution in [3.63, 3.8) is 0 Å². The summed E-state index contributed by atoms with van der Waals surface area (Å²) >= 11 is 6.50. The molecule has 19 heavy (non-hydrogen) atoms. The number of benzene rings is 1. The van der Waals surface area contributed by atoms with Crippen molar-refractivity contribution in [3.05, 3.63) is 57.9 Å². The predicted octanol–water partition coefficient (Wildman–Crippen LogP) is 3.34. The summed E-state index contributed by atoms with van der Waals surface area (Å²) in [5.74, 6) is 0.891. The van der Waals surface area contributed by atoms with E-state index in [0.29, 0.717) is 0 Å². The molecule has 0 amide bonds. The smallest absolute Gasteiger partial charge is 0.323 e. The minimum absolute atomic E-state index is 0.212. The van der Waals surface area contributed by atoms with Gasteiger partial charge < -0.3 is 14.4 Å². The van der Waals surface area contributed by atoms with Crippen LogP contribution in [0.4, 0.5) is 0 Å². The number of nitrogens with one attached hydrogen (secondary N) is 2. The van der Waals surface area contributed by atoms with Crippen molar-refractivity contribution in [1.29, 1.82) is 0 Å². The number of halogens is 1. The molecule has 0 aliphatic rings. The zero-order chi connectivity index (χ0) is 13.4. The van der Waals surface area contributed by atoms with Crippen LogP contribution in [0, 0.1) is 0 Å². The van der Waals surface area contributed by atoms with Crippen LogP contribution in [0.15, 0.2) is 39.7 Å². The Balaban J connectivity index is 2.05. The molecule has 1 atom stereocenters. The van der Waals surface area contributed by atoms with Crippen LogP contribution in [0.25, 0.3) is 11.0 Å². The first-order valence-corrected chi connectivity index (χ1v) is 6.55. The maximum Gasteiger partial charge on any atom is 0.323 e. The molecule has 0 aliphatic carbocycles. The van der Waals surface area contributed by atoms with Crippen LogP contribution in [0.1, 0.15) is 29.2 Å². The van der Waals surface area contributed by atoms with Gasteiger partial charge in [0.1, 0.15) is 5.76 Å². The normalized spacial score (nSPS) is 12.9. The molecule has 2 aromatic heterocycles. The Morgan fingerprint density at radius 3 is 2.84 bits per heavy atom. The molecule has 3 rings (SSSR count). The van der Waals surface area contributed by atoms with E-state index in [4.69, 9.17) is 16.0 Å². The molecular weight excluding hydrogens is 264 g/mol. The maximum absolute atomic E-state index is 11.2. The highest BCUT2D eigenvalue weighted by Gasteiger charge is 2.17. The largest absolute Gasteiger partial charge is 0.469 e. The van der Waals surface area contributed by atoms with Crippen LogP contribution >= 0.6 is 11.6 Å². The van der Waals surface area contributed by atoms with Gasteiger partial charge in [-0.15, -0.1) is 11.6 Å². The van der Waals surface area contributed by atoms with Crippen molar-refractivity contribution < 1.29 is 4.42 Å². The number of aromatic amines is 2. The van der Waals surface area contributed by atoms with E-state index in [1.54, 1.807) is 6.26 Å². The molecule has 1 aromatic carbocycles. The number of furan rings is 1. The fourth-order valence-corrected chi connectivity index (χ4v) is 2.58. The lowest BCUT2D eigenvalue weighted by Gasteiger charge is -2.09. The number of rotatable bonds is 3. The van der Waals surface area contributed by atoms with Crippen molar-refractivity contribution >= 4 is 22.6 Å². The minimum Gasteiger partial charge on any atom is -0.469 e. The number of H-pyrrole nitrogens is 2. The van der Waals surface area contributed by atoms with E-state index in [1.165, 1.54) is 0 Å². The van der Waals surface area contributed by atoms with Gasteiger partial charge in [0.05, 0.1) is 22.7 Å². The molecule has 0 radical (unpaired) electrons. The number of imidazole rings is 1. The molecule has 2 heterocycles. The topological polar surface area (TPSA) is 61.8 Å². The van der Waals surface area contributed by atoms with Gasteiger partial charge in [-0.2, -0.15) is 0 Å². The fourth-order valence-electron chi connectivity index (χ4n) is 2.25. The molecule has 0 aliphatic heterocycles. The van der Waals surface area contributed by atoms with Crippen LogP contribution < -0.4 is 5.69 Å². The average molecular weight is 277 g/mol. The van der Waals surface area contributed by atoms with Gasteiger partial charge in [0, 0.05) is 12.0 Å². The molecule has 5 heteroatoms. The lowest BCUT2D eigenvalue weighted by molar-refractivity contribution is 0.512. The fraction of sp³-hybridized carbons (Fsp3) is 0.214. The third-order valence-electron chi connectivity index (χ3n) is 3.21. The van der Waals surface area contributed by atoms with Gasteiger partial charge in [-0.3, -0.25) is 0 Å². The number of hydrogen-bond donors (Lipinski definition) is 2. The number of fused-ring (bicyclic) bond motifs is 1. The van der Waals surface area contributed by atoms with Gasteiger partial charge in [-0.25, -0.2) is 4.79 Å². The summed E-state index contributed by atoms with van der Waals surface area (Å²) in [4.78, 5) is 16.7. The lowest BCUT2D eigenvalue weighted by Crippen LogP contribution is -1.99. The Morgan fingerprint density at radius 2 is 2.05 bits per heavy atom. The van der Waals surface area contributed by atoms with Crippen molar-refractivity contribution in [3.8, 4) is 0 Å². The van der Waals surface area contributed by atoms with Crippen LogP contribution in [0.2, 0.25) is 0 Å². The van der Waals surface area contributed by atoms with Crippen LogP contribution in [0.3, 0.4) is 0 Å². The van der Waals surface area contributed by atoms with Crippen LogP contribution in [-0.4, -0.2) is 9.97 Å². The summed E-state index contributed by atoms with van der Waals surface area (Å²) < 4.78 is 5.40. The molecule has 0 bridgehead atoms. The molecule has 0 spiro atoms. The first-order chi connectivity index (χ1) is 9.19. The van der Waals surface area contributed by atoms with E-state index in [-0.39, 0.29) is 11.1 Å². The highest BCUT2D eigenvalue weighted by Crippen LogP contribution is 2.32. The molecular formula is C14H13ClN2O2. The van der Waals surface area contributed by atoms with Gasteiger partial charge >= 0.3 is 5.69 Å². The molecule has 0 saturated carbocycles. The molecule has 0 saturated heterocycles. The summed E-state index contributed by atoms with van der Waals surface area (Å²) in [6, 6.07) is 7.54. The number of alkyl halides is 1. The Morgan fingerprint density at radius 1 is 1.26 bits per heavy atom. The zero-order valence-corrected chi connectivity index (χ0v) is 11.1. The molecule has 2 N–H and O–H groups in total. The van der Waals surface area contributed by atoms with Crippen LogP contribution in [0.5, 0.6) is 0 Å². The van der Waals surface area contributed by atoms with Gasteiger partial charge in [-0.05, 0) is 23.8 Å². The maximum atomic E-state index is 11.2. The van der Waals surface area contributed by atoms with E-state index in [1.807, 2.05) is 31.2 Å². The first-order valence-electron chi connectivity index (χ1n) is 6.11. The second-order valence-corrected chi connectivity index (χ2v) is 4.84. The summed E-state index contributed by atoms with van der Waals surface area (Å²) in [6.45, 7) is 2.03. The Bertz CT molecular complexity index is 769. The standard InChI is InChI=1S/C14H13ClN2O2/c1-2-12-9(5-6-19-12)13(15)8-3-4-10-11(7-8)17-14(18)16-10/h3-7,13H,2H2,1H3,(H2,16,17,18). The van der Waals surface area contributed by atoms with Crippen molar-refractivity contribution in [2.45, 2.75) is 18.7 Å². The third kappa shape index (κ3) is 2.08.